The van der Waals surface area contributed by atoms with Crippen molar-refractivity contribution in [1.82, 2.24) is 0 Å². The van der Waals surface area contributed by atoms with Gasteiger partial charge in [-0.15, -0.1) is 0 Å². The Kier molecular flexibility index (Phi) is 5.31. The first kappa shape index (κ1) is 16.0. The van der Waals surface area contributed by atoms with E-state index in [0.717, 1.165) is 0 Å². The normalized spacial score (nSPS) is 9.57. The molecule has 6 heteroatoms. The van der Waals surface area contributed by atoms with E-state index in [0.29, 0.717) is 22.7 Å². The van der Waals surface area contributed by atoms with E-state index >= 15 is 0 Å². The zero-order valence-corrected chi connectivity index (χ0v) is 12.5. The van der Waals surface area contributed by atoms with Crippen LogP contribution in [-0.2, 0) is 9.59 Å². The molecule has 0 fully saturated rings. The molecule has 116 valence electrons. The molecule has 0 aliphatic rings. The summed E-state index contributed by atoms with van der Waals surface area (Å²) in [6, 6.07) is 15.3. The average molecular weight is 309 g/mol. The maximum atomic E-state index is 11.8. The molecule has 2 aromatic rings. The summed E-state index contributed by atoms with van der Waals surface area (Å²) in [6.45, 7) is 0. The molecule has 0 aliphatic carbocycles. The third-order valence-electron chi connectivity index (χ3n) is 2.97. The summed E-state index contributed by atoms with van der Waals surface area (Å²) in [7, 11) is 1.55. The number of ether oxygens (including phenoxy) is 1. The molecule has 2 amide bonds. The van der Waals surface area contributed by atoms with Crippen molar-refractivity contribution in [1.29, 1.82) is 5.26 Å². The molecule has 2 N–H and O–H groups in total. The molecule has 6 nitrogen and oxygen atoms in total. The fourth-order valence-corrected chi connectivity index (χ4v) is 1.90. The van der Waals surface area contributed by atoms with Crippen LogP contribution in [0.3, 0.4) is 0 Å². The minimum absolute atomic E-state index is 0.317. The van der Waals surface area contributed by atoms with Crippen LogP contribution in [0, 0.1) is 11.3 Å². The van der Waals surface area contributed by atoms with Gasteiger partial charge in [0.15, 0.2) is 0 Å². The second-order valence-corrected chi connectivity index (χ2v) is 4.69. The number of nitrogens with zero attached hydrogens (tertiary/aromatic N) is 1. The number of benzene rings is 2. The van der Waals surface area contributed by atoms with Gasteiger partial charge in [0.2, 0.25) is 11.8 Å². The molecule has 0 unspecified atom stereocenters. The second kappa shape index (κ2) is 7.61. The number of amides is 2. The van der Waals surface area contributed by atoms with E-state index in [4.69, 9.17) is 10.00 Å². The van der Waals surface area contributed by atoms with Crippen LogP contribution in [0.15, 0.2) is 48.5 Å². The summed E-state index contributed by atoms with van der Waals surface area (Å²) < 4.78 is 5.02. The van der Waals surface area contributed by atoms with Gasteiger partial charge in [-0.3, -0.25) is 9.59 Å². The number of anilines is 2. The van der Waals surface area contributed by atoms with Crippen LogP contribution in [-0.4, -0.2) is 18.9 Å². The van der Waals surface area contributed by atoms with Crippen LogP contribution in [0.25, 0.3) is 0 Å². The zero-order valence-electron chi connectivity index (χ0n) is 12.5. The van der Waals surface area contributed by atoms with Gasteiger partial charge < -0.3 is 15.4 Å². The van der Waals surface area contributed by atoms with E-state index in [1.54, 1.807) is 55.6 Å². The van der Waals surface area contributed by atoms with Gasteiger partial charge in [0.25, 0.3) is 0 Å². The highest BCUT2D eigenvalue weighted by Gasteiger charge is 2.10. The Morgan fingerprint density at radius 2 is 1.70 bits per heavy atom. The molecule has 0 aromatic heterocycles. The Hall–Kier alpha value is -3.33. The lowest BCUT2D eigenvalue weighted by Crippen LogP contribution is -2.21. The third-order valence-corrected chi connectivity index (χ3v) is 2.97. The Bertz CT molecular complexity index is 748. The average Bonchev–Trinajstić information content (AvgIpc) is 2.55. The van der Waals surface area contributed by atoms with Crippen LogP contribution < -0.4 is 15.4 Å². The van der Waals surface area contributed by atoms with Gasteiger partial charge >= 0.3 is 0 Å². The van der Waals surface area contributed by atoms with E-state index < -0.39 is 11.8 Å². The van der Waals surface area contributed by atoms with Crippen molar-refractivity contribution in [3.63, 3.8) is 0 Å². The Morgan fingerprint density at radius 1 is 1.04 bits per heavy atom. The highest BCUT2D eigenvalue weighted by atomic mass is 16.5. The molecule has 23 heavy (non-hydrogen) atoms. The molecule has 0 aliphatic heterocycles. The smallest absolute Gasteiger partial charge is 0.233 e. The second-order valence-electron chi connectivity index (χ2n) is 4.69. The van der Waals surface area contributed by atoms with Gasteiger partial charge in [-0.25, -0.2) is 0 Å². The number of hydrogen-bond donors (Lipinski definition) is 2. The fourth-order valence-electron chi connectivity index (χ4n) is 1.90. The number of hydrogen-bond acceptors (Lipinski definition) is 4. The SMILES string of the molecule is COc1ccc(NC(=O)CC(=O)Nc2cccc(C#N)c2)cc1. The number of carbonyl (C=O) groups is 2. The number of rotatable bonds is 5. The van der Waals surface area contributed by atoms with Gasteiger partial charge in [-0.05, 0) is 42.5 Å². The number of nitriles is 1. The molecule has 0 spiro atoms. The summed E-state index contributed by atoms with van der Waals surface area (Å²) in [5.41, 5.74) is 1.49. The number of nitrogens with one attached hydrogen (secondary N) is 2. The van der Waals surface area contributed by atoms with E-state index in [2.05, 4.69) is 10.6 Å². The number of methoxy groups -OCH3 is 1. The lowest BCUT2D eigenvalue weighted by Gasteiger charge is -2.07. The summed E-state index contributed by atoms with van der Waals surface area (Å²) >= 11 is 0. The zero-order chi connectivity index (χ0) is 16.7. The van der Waals surface area contributed by atoms with Gasteiger partial charge in [-0.1, -0.05) is 6.07 Å². The maximum Gasteiger partial charge on any atom is 0.233 e. The first-order chi connectivity index (χ1) is 11.1. The molecule has 0 heterocycles. The van der Waals surface area contributed by atoms with Gasteiger partial charge in [0.05, 0.1) is 18.7 Å². The predicted molar refractivity (Wildman–Crippen MR) is 86.0 cm³/mol. The van der Waals surface area contributed by atoms with Crippen LogP contribution in [0.5, 0.6) is 5.75 Å². The lowest BCUT2D eigenvalue weighted by atomic mass is 10.2. The van der Waals surface area contributed by atoms with Crippen molar-refractivity contribution < 1.29 is 14.3 Å². The van der Waals surface area contributed by atoms with Crippen molar-refractivity contribution in [3.05, 3.63) is 54.1 Å². The monoisotopic (exact) mass is 309 g/mol. The first-order valence-electron chi connectivity index (χ1n) is 6.84. The van der Waals surface area contributed by atoms with Crippen LogP contribution in [0.1, 0.15) is 12.0 Å². The van der Waals surface area contributed by atoms with E-state index in [1.165, 1.54) is 0 Å². The molecule has 0 saturated carbocycles. The summed E-state index contributed by atoms with van der Waals surface area (Å²) in [5, 5.41) is 14.0. The van der Waals surface area contributed by atoms with Gasteiger partial charge in [-0.2, -0.15) is 5.26 Å². The standard InChI is InChI=1S/C17H15N3O3/c1-23-15-7-5-13(6-8-15)19-16(21)10-17(22)20-14-4-2-3-12(9-14)11-18/h2-9H,10H2,1H3,(H,19,21)(H,20,22). The third kappa shape index (κ3) is 4.86. The van der Waals surface area contributed by atoms with E-state index in [9.17, 15) is 9.59 Å². The summed E-state index contributed by atoms with van der Waals surface area (Å²) in [6.07, 6.45) is -0.317. The Balaban J connectivity index is 1.88. The molecule has 0 atom stereocenters. The quantitative estimate of drug-likeness (QED) is 0.830. The van der Waals surface area contributed by atoms with Crippen LogP contribution in [0.2, 0.25) is 0 Å². The highest BCUT2D eigenvalue weighted by Crippen LogP contribution is 2.15. The minimum Gasteiger partial charge on any atom is -0.497 e. The van der Waals surface area contributed by atoms with E-state index in [-0.39, 0.29) is 6.42 Å². The Morgan fingerprint density at radius 3 is 2.30 bits per heavy atom. The molecule has 0 radical (unpaired) electrons. The van der Waals surface area contributed by atoms with E-state index in [1.807, 2.05) is 6.07 Å². The Labute approximate surface area is 133 Å². The van der Waals surface area contributed by atoms with Crippen molar-refractivity contribution in [2.75, 3.05) is 17.7 Å². The summed E-state index contributed by atoms with van der Waals surface area (Å²) in [5.74, 6) is -0.201. The topological polar surface area (TPSA) is 91.2 Å². The fraction of sp³-hybridized carbons (Fsp3) is 0.118. The lowest BCUT2D eigenvalue weighted by molar-refractivity contribution is -0.123. The van der Waals surface area contributed by atoms with Crippen molar-refractivity contribution in [2.24, 2.45) is 0 Å². The highest BCUT2D eigenvalue weighted by molar-refractivity contribution is 6.08. The van der Waals surface area contributed by atoms with Crippen LogP contribution in [0.4, 0.5) is 11.4 Å². The van der Waals surface area contributed by atoms with Crippen molar-refractivity contribution >= 4 is 23.2 Å². The maximum absolute atomic E-state index is 11.8. The molecular weight excluding hydrogens is 294 g/mol. The number of carbonyl (C=O) groups excluding carboxylic acids is 2. The van der Waals surface area contributed by atoms with Crippen molar-refractivity contribution in [3.8, 4) is 11.8 Å². The molecule has 0 saturated heterocycles. The van der Waals surface area contributed by atoms with Gasteiger partial charge in [0.1, 0.15) is 12.2 Å². The molecule has 0 bridgehead atoms. The first-order valence-corrected chi connectivity index (χ1v) is 6.84. The van der Waals surface area contributed by atoms with Gasteiger partial charge in [0, 0.05) is 11.4 Å². The summed E-state index contributed by atoms with van der Waals surface area (Å²) in [4.78, 5) is 23.7. The predicted octanol–water partition coefficient (Wildman–Crippen LogP) is 2.53. The molecular formula is C17H15N3O3. The van der Waals surface area contributed by atoms with Crippen molar-refractivity contribution in [2.45, 2.75) is 6.42 Å². The largest absolute Gasteiger partial charge is 0.497 e. The molecule has 2 rings (SSSR count). The van der Waals surface area contributed by atoms with Crippen LogP contribution >= 0.6 is 0 Å². The molecule has 2 aromatic carbocycles. The minimum atomic E-state index is -0.453.